The van der Waals surface area contributed by atoms with Crippen molar-refractivity contribution < 1.29 is 9.53 Å². The summed E-state index contributed by atoms with van der Waals surface area (Å²) in [6.45, 7) is 0.494. The molecule has 1 spiro atoms. The molecule has 23 heavy (non-hydrogen) atoms. The lowest BCUT2D eigenvalue weighted by molar-refractivity contribution is 0.0461. The fourth-order valence-electron chi connectivity index (χ4n) is 4.97. The van der Waals surface area contributed by atoms with Crippen molar-refractivity contribution in [2.75, 3.05) is 6.61 Å². The van der Waals surface area contributed by atoms with Crippen LogP contribution in [-0.2, 0) is 0 Å². The molecule has 1 fully saturated rings. The number of carbonyl (C=O) groups excluding carboxylic acids is 1. The molecule has 2 bridgehead atoms. The highest BCUT2D eigenvalue weighted by atomic mass is 16.5. The summed E-state index contributed by atoms with van der Waals surface area (Å²) < 4.78 is 6.08. The van der Waals surface area contributed by atoms with E-state index in [0.29, 0.717) is 18.4 Å². The highest BCUT2D eigenvalue weighted by molar-refractivity contribution is 6.05. The Morgan fingerprint density at radius 2 is 1.74 bits per heavy atom. The molecule has 1 aliphatic heterocycles. The van der Waals surface area contributed by atoms with Crippen LogP contribution in [0.2, 0.25) is 0 Å². The second-order valence-electron chi connectivity index (χ2n) is 6.93. The lowest BCUT2D eigenvalue weighted by Crippen LogP contribution is -2.48. The number of para-hydroxylation sites is 1. The normalized spacial score (nSPS) is 33.7. The molecule has 0 radical (unpaired) electrons. The summed E-state index contributed by atoms with van der Waals surface area (Å²) in [5.74, 6) is 1.96. The topological polar surface area (TPSA) is 26.3 Å². The van der Waals surface area contributed by atoms with Gasteiger partial charge in [0.05, 0.1) is 11.0 Å². The van der Waals surface area contributed by atoms with Crippen molar-refractivity contribution in [1.82, 2.24) is 0 Å². The minimum atomic E-state index is -0.435. The second-order valence-corrected chi connectivity index (χ2v) is 6.93. The maximum Gasteiger partial charge on any atom is 0.177 e. The summed E-state index contributed by atoms with van der Waals surface area (Å²) in [4.78, 5) is 13.5. The van der Waals surface area contributed by atoms with Gasteiger partial charge in [0, 0.05) is 5.92 Å². The van der Waals surface area contributed by atoms with E-state index in [1.165, 1.54) is 5.56 Å². The van der Waals surface area contributed by atoms with Gasteiger partial charge in [0.25, 0.3) is 0 Å². The summed E-state index contributed by atoms with van der Waals surface area (Å²) in [6, 6.07) is 18.2. The minimum Gasteiger partial charge on any atom is -0.492 e. The Morgan fingerprint density at radius 1 is 0.957 bits per heavy atom. The first-order valence-electron chi connectivity index (χ1n) is 8.30. The van der Waals surface area contributed by atoms with E-state index in [4.69, 9.17) is 4.74 Å². The second kappa shape index (κ2) is 4.58. The third-order valence-corrected chi connectivity index (χ3v) is 5.94. The van der Waals surface area contributed by atoms with Crippen molar-refractivity contribution in [3.8, 4) is 5.75 Å². The van der Waals surface area contributed by atoms with E-state index in [0.717, 1.165) is 17.7 Å². The van der Waals surface area contributed by atoms with E-state index in [9.17, 15) is 4.79 Å². The van der Waals surface area contributed by atoms with Crippen LogP contribution >= 0.6 is 0 Å². The number of hydrogen-bond acceptors (Lipinski definition) is 2. The molecule has 0 N–H and O–H groups in total. The zero-order valence-corrected chi connectivity index (χ0v) is 12.8. The molecule has 4 atom stereocenters. The van der Waals surface area contributed by atoms with E-state index >= 15 is 0 Å². The summed E-state index contributed by atoms with van der Waals surface area (Å²) in [5.41, 5.74) is 1.58. The predicted octanol–water partition coefficient (Wildman–Crippen LogP) is 4.24. The van der Waals surface area contributed by atoms with E-state index in [1.807, 2.05) is 30.3 Å². The number of Topliss-reactive ketones (excluding diaryl/α,β-unsaturated/α-hetero) is 1. The Morgan fingerprint density at radius 3 is 2.61 bits per heavy atom. The molecule has 0 amide bonds. The van der Waals surface area contributed by atoms with Crippen molar-refractivity contribution in [3.63, 3.8) is 0 Å². The van der Waals surface area contributed by atoms with Crippen LogP contribution in [0, 0.1) is 17.3 Å². The molecule has 1 heterocycles. The molecule has 2 aromatic carbocycles. The van der Waals surface area contributed by atoms with Gasteiger partial charge < -0.3 is 4.74 Å². The summed E-state index contributed by atoms with van der Waals surface area (Å²) in [7, 11) is 0. The van der Waals surface area contributed by atoms with Gasteiger partial charge in [-0.05, 0) is 36.0 Å². The summed E-state index contributed by atoms with van der Waals surface area (Å²) >= 11 is 0. The van der Waals surface area contributed by atoms with Crippen molar-refractivity contribution in [3.05, 3.63) is 77.9 Å². The third-order valence-electron chi connectivity index (χ3n) is 5.94. The quantitative estimate of drug-likeness (QED) is 0.737. The van der Waals surface area contributed by atoms with Gasteiger partial charge in [0.15, 0.2) is 5.78 Å². The Labute approximate surface area is 135 Å². The molecule has 114 valence electrons. The molecule has 0 saturated heterocycles. The molecule has 1 saturated carbocycles. The first kappa shape index (κ1) is 13.1. The van der Waals surface area contributed by atoms with Crippen LogP contribution in [0.15, 0.2) is 66.7 Å². The number of allylic oxidation sites excluding steroid dienone is 2. The molecular weight excluding hydrogens is 284 g/mol. The molecule has 2 nitrogen and oxygen atoms in total. The maximum absolute atomic E-state index is 13.5. The number of rotatable bonds is 1. The molecule has 2 aromatic rings. The first-order valence-corrected chi connectivity index (χ1v) is 8.30. The van der Waals surface area contributed by atoms with Gasteiger partial charge in [0.2, 0.25) is 0 Å². The van der Waals surface area contributed by atoms with E-state index in [2.05, 4.69) is 36.4 Å². The predicted molar refractivity (Wildman–Crippen MR) is 88.6 cm³/mol. The average Bonchev–Trinajstić information content (AvgIpc) is 3.20. The largest absolute Gasteiger partial charge is 0.492 e. The van der Waals surface area contributed by atoms with Gasteiger partial charge in [-0.3, -0.25) is 4.79 Å². The number of hydrogen-bond donors (Lipinski definition) is 0. The summed E-state index contributed by atoms with van der Waals surface area (Å²) in [6.07, 6.45) is 5.62. The lowest BCUT2D eigenvalue weighted by Gasteiger charge is -2.43. The van der Waals surface area contributed by atoms with E-state index in [1.54, 1.807) is 0 Å². The zero-order valence-electron chi connectivity index (χ0n) is 12.8. The van der Waals surface area contributed by atoms with Crippen LogP contribution in [-0.4, -0.2) is 12.4 Å². The van der Waals surface area contributed by atoms with Gasteiger partial charge in [-0.2, -0.15) is 0 Å². The number of carbonyl (C=O) groups is 1. The van der Waals surface area contributed by atoms with Gasteiger partial charge in [0.1, 0.15) is 12.4 Å². The maximum atomic E-state index is 13.5. The molecule has 0 unspecified atom stereocenters. The number of ketones is 1. The number of ether oxygens (including phenoxy) is 1. The Kier molecular flexibility index (Phi) is 2.61. The van der Waals surface area contributed by atoms with Crippen LogP contribution < -0.4 is 4.74 Å². The lowest BCUT2D eigenvalue weighted by atomic mass is 9.62. The van der Waals surface area contributed by atoms with Crippen molar-refractivity contribution >= 4 is 5.78 Å². The van der Waals surface area contributed by atoms with Crippen molar-refractivity contribution in [2.45, 2.75) is 12.3 Å². The van der Waals surface area contributed by atoms with Crippen LogP contribution in [0.4, 0.5) is 0 Å². The highest BCUT2D eigenvalue weighted by Gasteiger charge is 2.62. The zero-order chi connectivity index (χ0) is 15.4. The fraction of sp³-hybridized carbons (Fsp3) is 0.286. The number of benzene rings is 2. The van der Waals surface area contributed by atoms with Crippen LogP contribution in [0.25, 0.3) is 0 Å². The average molecular weight is 302 g/mol. The monoisotopic (exact) mass is 302 g/mol. The van der Waals surface area contributed by atoms with Crippen molar-refractivity contribution in [2.24, 2.45) is 17.3 Å². The number of fused-ring (bicyclic) bond motifs is 4. The van der Waals surface area contributed by atoms with Gasteiger partial charge >= 0.3 is 0 Å². The summed E-state index contributed by atoms with van der Waals surface area (Å²) in [5, 5.41) is 0. The fourth-order valence-corrected chi connectivity index (χ4v) is 4.97. The van der Waals surface area contributed by atoms with Crippen molar-refractivity contribution in [1.29, 1.82) is 0 Å². The Balaban J connectivity index is 1.69. The van der Waals surface area contributed by atoms with Gasteiger partial charge in [-0.15, -0.1) is 0 Å². The molecule has 2 heteroatoms. The van der Waals surface area contributed by atoms with E-state index in [-0.39, 0.29) is 11.7 Å². The van der Waals surface area contributed by atoms with Crippen LogP contribution in [0.3, 0.4) is 0 Å². The molecule has 3 aliphatic rings. The first-order chi connectivity index (χ1) is 11.3. The highest BCUT2D eigenvalue weighted by Crippen LogP contribution is 2.63. The van der Waals surface area contributed by atoms with Crippen LogP contribution in [0.1, 0.15) is 28.3 Å². The molecule has 2 aliphatic carbocycles. The smallest absolute Gasteiger partial charge is 0.177 e. The Hall–Kier alpha value is -2.35. The van der Waals surface area contributed by atoms with Gasteiger partial charge in [-0.1, -0.05) is 54.6 Å². The molecule has 0 aromatic heterocycles. The standard InChI is InChI=1S/C21H18O2/c22-20-17-8-4-5-9-18(17)23-13-21(20)16-11-10-15(12-16)19(21)14-6-2-1-3-7-14/h1-11,15-16,19H,12-13H2/t15-,16-,19-,21-/m0/s1. The molecular formula is C21H18O2. The third kappa shape index (κ3) is 1.61. The van der Waals surface area contributed by atoms with Crippen LogP contribution in [0.5, 0.6) is 5.75 Å². The molecule has 5 rings (SSSR count). The SMILES string of the molecule is O=C1c2ccccc2OC[C@@]12[C@H]1C=C[C@@H](C1)[C@@H]2c1ccccc1. The van der Waals surface area contributed by atoms with Gasteiger partial charge in [-0.25, -0.2) is 0 Å². The minimum absolute atomic E-state index is 0.222. The Bertz CT molecular complexity index is 808. The van der Waals surface area contributed by atoms with E-state index < -0.39 is 5.41 Å².